The second kappa shape index (κ2) is 5.92. The molecule has 0 heterocycles. The van der Waals surface area contributed by atoms with Crippen molar-refractivity contribution < 1.29 is 24.9 Å². The van der Waals surface area contributed by atoms with Gasteiger partial charge in [-0.2, -0.15) is 0 Å². The molecule has 0 aromatic heterocycles. The van der Waals surface area contributed by atoms with E-state index < -0.39 is 17.8 Å². The predicted molar refractivity (Wildman–Crippen MR) is 96.1 cm³/mol. The topological polar surface area (TPSA) is 87.0 Å². The monoisotopic (exact) mass is 366 g/mol. The summed E-state index contributed by atoms with van der Waals surface area (Å²) in [5, 5.41) is 32.5. The minimum absolute atomic E-state index is 0.0441. The van der Waals surface area contributed by atoms with E-state index in [0.29, 0.717) is 30.6 Å². The van der Waals surface area contributed by atoms with Gasteiger partial charge in [0.1, 0.15) is 0 Å². The fourth-order valence-corrected chi connectivity index (χ4v) is 7.79. The molecule has 4 aliphatic rings. The van der Waals surface area contributed by atoms with Gasteiger partial charge in [-0.3, -0.25) is 4.79 Å². The fraction of sp³-hybridized carbons (Fsp3) is 0.952. The molecule has 148 valence electrons. The standard InChI is InChI=1S/C21H34O5/c1-19-8-7-15-13(14(19)4-5-16(19)18(24)26-3)10-17(23)21(25)11-12(22)6-9-20(15,21)2/h12-17,22-23,25H,4-11H2,1-3H3/t12?,13-,14-,15+,16?,17?,19-,20+,21?/m0/s1. The number of hydrogen-bond acceptors (Lipinski definition) is 5. The Morgan fingerprint density at radius 2 is 1.77 bits per heavy atom. The van der Waals surface area contributed by atoms with Gasteiger partial charge < -0.3 is 20.1 Å². The van der Waals surface area contributed by atoms with E-state index in [-0.39, 0.29) is 29.1 Å². The Hall–Kier alpha value is -0.650. The lowest BCUT2D eigenvalue weighted by atomic mass is 9.42. The number of methoxy groups -OCH3 is 1. The Morgan fingerprint density at radius 1 is 1.04 bits per heavy atom. The van der Waals surface area contributed by atoms with Crippen molar-refractivity contribution in [3.05, 3.63) is 0 Å². The molecule has 0 bridgehead atoms. The van der Waals surface area contributed by atoms with Gasteiger partial charge >= 0.3 is 5.97 Å². The lowest BCUT2D eigenvalue weighted by molar-refractivity contribution is -0.264. The molecule has 5 nitrogen and oxygen atoms in total. The van der Waals surface area contributed by atoms with E-state index in [9.17, 15) is 20.1 Å². The van der Waals surface area contributed by atoms with E-state index in [1.54, 1.807) is 0 Å². The van der Waals surface area contributed by atoms with Gasteiger partial charge in [0.25, 0.3) is 0 Å². The van der Waals surface area contributed by atoms with Crippen molar-refractivity contribution in [2.45, 2.75) is 83.0 Å². The zero-order valence-corrected chi connectivity index (χ0v) is 16.3. The van der Waals surface area contributed by atoms with Crippen LogP contribution >= 0.6 is 0 Å². The van der Waals surface area contributed by atoms with Gasteiger partial charge in [-0.25, -0.2) is 0 Å². The number of aliphatic hydroxyl groups is 3. The second-order valence-corrected chi connectivity index (χ2v) is 10.1. The molecule has 0 aliphatic heterocycles. The maximum Gasteiger partial charge on any atom is 0.309 e. The van der Waals surface area contributed by atoms with Gasteiger partial charge in [0.15, 0.2) is 0 Å². The van der Waals surface area contributed by atoms with Gasteiger partial charge in [0.05, 0.1) is 30.8 Å². The highest BCUT2D eigenvalue weighted by atomic mass is 16.5. The molecule has 26 heavy (non-hydrogen) atoms. The summed E-state index contributed by atoms with van der Waals surface area (Å²) in [6.07, 6.45) is 4.81. The summed E-state index contributed by atoms with van der Waals surface area (Å²) in [5.74, 6) is 0.940. The van der Waals surface area contributed by atoms with E-state index >= 15 is 0 Å². The van der Waals surface area contributed by atoms with Crippen LogP contribution in [0.1, 0.15) is 65.2 Å². The molecule has 4 fully saturated rings. The Balaban J connectivity index is 1.67. The molecule has 9 atom stereocenters. The first-order chi connectivity index (χ1) is 12.2. The molecular weight excluding hydrogens is 332 g/mol. The van der Waals surface area contributed by atoms with Crippen molar-refractivity contribution in [3.63, 3.8) is 0 Å². The molecule has 4 saturated carbocycles. The van der Waals surface area contributed by atoms with Gasteiger partial charge in [-0.05, 0) is 68.1 Å². The van der Waals surface area contributed by atoms with Gasteiger partial charge in [0.2, 0.25) is 0 Å². The predicted octanol–water partition coefficient (Wildman–Crippen LogP) is 2.26. The number of fused-ring (bicyclic) bond motifs is 5. The number of ether oxygens (including phenoxy) is 1. The molecule has 0 saturated heterocycles. The summed E-state index contributed by atoms with van der Waals surface area (Å²) in [6.45, 7) is 4.37. The van der Waals surface area contributed by atoms with Crippen molar-refractivity contribution in [3.8, 4) is 0 Å². The zero-order chi connectivity index (χ0) is 18.9. The van der Waals surface area contributed by atoms with Crippen molar-refractivity contribution >= 4 is 5.97 Å². The number of rotatable bonds is 1. The largest absolute Gasteiger partial charge is 0.469 e. The Labute approximate surface area is 156 Å². The van der Waals surface area contributed by atoms with E-state index in [1.807, 2.05) is 0 Å². The van der Waals surface area contributed by atoms with Crippen molar-refractivity contribution in [2.24, 2.45) is 34.5 Å². The van der Waals surface area contributed by atoms with E-state index in [1.165, 1.54) is 7.11 Å². The van der Waals surface area contributed by atoms with Crippen molar-refractivity contribution in [2.75, 3.05) is 7.11 Å². The first-order valence-electron chi connectivity index (χ1n) is 10.3. The van der Waals surface area contributed by atoms with Crippen LogP contribution in [0.5, 0.6) is 0 Å². The lowest BCUT2D eigenvalue weighted by Crippen LogP contribution is -2.68. The molecule has 0 aromatic carbocycles. The lowest BCUT2D eigenvalue weighted by Gasteiger charge is -2.65. The van der Waals surface area contributed by atoms with Crippen LogP contribution in [0, 0.1) is 34.5 Å². The number of aliphatic hydroxyl groups excluding tert-OH is 2. The highest BCUT2D eigenvalue weighted by molar-refractivity contribution is 5.73. The summed E-state index contributed by atoms with van der Waals surface area (Å²) in [6, 6.07) is 0. The first kappa shape index (κ1) is 18.7. The van der Waals surface area contributed by atoms with Crippen LogP contribution in [0.3, 0.4) is 0 Å². The van der Waals surface area contributed by atoms with Gasteiger partial charge in [-0.15, -0.1) is 0 Å². The van der Waals surface area contributed by atoms with Gasteiger partial charge in [-0.1, -0.05) is 13.8 Å². The Bertz CT molecular complexity index is 593. The highest BCUT2D eigenvalue weighted by Crippen LogP contribution is 2.68. The van der Waals surface area contributed by atoms with Crippen LogP contribution in [0.2, 0.25) is 0 Å². The summed E-state index contributed by atoms with van der Waals surface area (Å²) < 4.78 is 5.08. The third kappa shape index (κ3) is 2.23. The molecular formula is C21H34O5. The average Bonchev–Trinajstić information content (AvgIpc) is 2.94. The molecule has 0 spiro atoms. The summed E-state index contributed by atoms with van der Waals surface area (Å²) in [7, 11) is 1.48. The van der Waals surface area contributed by atoms with E-state index in [2.05, 4.69) is 13.8 Å². The van der Waals surface area contributed by atoms with Crippen LogP contribution in [0.25, 0.3) is 0 Å². The molecule has 3 N–H and O–H groups in total. The van der Waals surface area contributed by atoms with E-state index in [0.717, 1.165) is 32.1 Å². The zero-order valence-electron chi connectivity index (χ0n) is 16.3. The van der Waals surface area contributed by atoms with Crippen LogP contribution in [0.15, 0.2) is 0 Å². The molecule has 4 unspecified atom stereocenters. The normalized spacial score (nSPS) is 56.2. The summed E-state index contributed by atoms with van der Waals surface area (Å²) in [5.41, 5.74) is -1.62. The fourth-order valence-electron chi connectivity index (χ4n) is 7.79. The van der Waals surface area contributed by atoms with Crippen LogP contribution in [-0.4, -0.2) is 46.2 Å². The average molecular weight is 366 g/mol. The Kier molecular flexibility index (Phi) is 4.26. The molecule has 0 radical (unpaired) electrons. The third-order valence-electron chi connectivity index (χ3n) is 9.32. The van der Waals surface area contributed by atoms with Crippen molar-refractivity contribution in [1.29, 1.82) is 0 Å². The summed E-state index contributed by atoms with van der Waals surface area (Å²) in [4.78, 5) is 12.3. The van der Waals surface area contributed by atoms with Crippen LogP contribution in [0.4, 0.5) is 0 Å². The SMILES string of the molecule is COC(=O)C1CC[C@H]2[C@@H]3CC(O)C4(O)CC(O)CC[C@]4(C)[C@@H]3CC[C@]12C. The van der Waals surface area contributed by atoms with Crippen LogP contribution in [-0.2, 0) is 9.53 Å². The molecule has 0 amide bonds. The van der Waals surface area contributed by atoms with Crippen LogP contribution < -0.4 is 0 Å². The first-order valence-corrected chi connectivity index (χ1v) is 10.3. The third-order valence-corrected chi connectivity index (χ3v) is 9.32. The molecule has 4 rings (SSSR count). The van der Waals surface area contributed by atoms with Gasteiger partial charge in [0, 0.05) is 11.8 Å². The number of esters is 1. The maximum absolute atomic E-state index is 12.3. The maximum atomic E-state index is 12.3. The van der Waals surface area contributed by atoms with Crippen molar-refractivity contribution in [1.82, 2.24) is 0 Å². The number of carbonyl (C=O) groups excluding carboxylic acids is 1. The molecule has 4 aliphatic carbocycles. The summed E-state index contributed by atoms with van der Waals surface area (Å²) >= 11 is 0. The highest BCUT2D eigenvalue weighted by Gasteiger charge is 2.67. The minimum Gasteiger partial charge on any atom is -0.469 e. The second-order valence-electron chi connectivity index (χ2n) is 10.1. The number of carbonyl (C=O) groups is 1. The Morgan fingerprint density at radius 3 is 2.46 bits per heavy atom. The molecule has 0 aromatic rings. The quantitative estimate of drug-likeness (QED) is 0.620. The smallest absolute Gasteiger partial charge is 0.309 e. The van der Waals surface area contributed by atoms with E-state index in [4.69, 9.17) is 4.74 Å². The minimum atomic E-state index is -1.19. The molecule has 5 heteroatoms. The number of hydrogen-bond donors (Lipinski definition) is 3.